The lowest BCUT2D eigenvalue weighted by Crippen LogP contribution is -2.29. The van der Waals surface area contributed by atoms with Crippen LogP contribution in [0.1, 0.15) is 49.4 Å². The van der Waals surface area contributed by atoms with Crippen LogP contribution >= 0.6 is 23.1 Å². The van der Waals surface area contributed by atoms with Crippen LogP contribution < -0.4 is 19.1 Å². The van der Waals surface area contributed by atoms with E-state index in [1.165, 1.54) is 28.0 Å². The Morgan fingerprint density at radius 2 is 1.75 bits per heavy atom. The third kappa shape index (κ3) is 6.74. The first-order chi connectivity index (χ1) is 21.4. The van der Waals surface area contributed by atoms with E-state index in [1.807, 2.05) is 37.3 Å². The number of carbonyl (C=O) groups excluding carboxylic acids is 2. The fraction of sp³-hybridized carbons (Fsp3) is 0.273. The minimum absolute atomic E-state index is 0.0593. The molecule has 1 unspecified atom stereocenters. The van der Waals surface area contributed by atoms with Gasteiger partial charge in [-0.1, -0.05) is 72.8 Å². The quantitative estimate of drug-likeness (QED) is 0.0415. The summed E-state index contributed by atoms with van der Waals surface area (Å²) in [6, 6.07) is 20.9. The molecule has 1 N–H and O–H groups in total. The maximum Gasteiger partial charge on any atom is 0.301 e. The van der Waals surface area contributed by atoms with Gasteiger partial charge in [0.05, 0.1) is 31.9 Å². The molecule has 44 heavy (non-hydrogen) atoms. The molecule has 3 aromatic carbocycles. The van der Waals surface area contributed by atoms with Crippen LogP contribution in [0.5, 0.6) is 17.2 Å². The van der Waals surface area contributed by atoms with Crippen molar-refractivity contribution in [2.75, 3.05) is 25.2 Å². The van der Waals surface area contributed by atoms with Crippen molar-refractivity contribution in [3.63, 3.8) is 0 Å². The minimum atomic E-state index is -0.985. The van der Waals surface area contributed by atoms with Gasteiger partial charge < -0.3 is 19.3 Å². The molecule has 2 heterocycles. The van der Waals surface area contributed by atoms with E-state index in [4.69, 9.17) is 14.2 Å². The van der Waals surface area contributed by atoms with E-state index in [0.29, 0.717) is 51.7 Å². The van der Waals surface area contributed by atoms with E-state index in [9.17, 15) is 14.7 Å². The third-order valence-corrected chi connectivity index (χ3v) is 9.08. The second-order valence-electron chi connectivity index (χ2n) is 9.86. The molecule has 228 valence electrons. The van der Waals surface area contributed by atoms with Crippen LogP contribution in [0.3, 0.4) is 0 Å². The minimum Gasteiger partial charge on any atom is -0.507 e. The molecule has 0 radical (unpaired) electrons. The number of nitrogens with zero attached hydrogens (tertiary/aromatic N) is 3. The van der Waals surface area contributed by atoms with Crippen LogP contribution in [0.2, 0.25) is 0 Å². The van der Waals surface area contributed by atoms with Crippen molar-refractivity contribution < 1.29 is 28.9 Å². The number of carbonyl (C=O) groups is 2. The number of methoxy groups -OCH3 is 1. The summed E-state index contributed by atoms with van der Waals surface area (Å²) in [6.45, 7) is 4.87. The monoisotopic (exact) mass is 631 g/mol. The highest BCUT2D eigenvalue weighted by Gasteiger charge is 2.48. The first-order valence-electron chi connectivity index (χ1n) is 14.3. The first-order valence-corrected chi connectivity index (χ1v) is 16.1. The summed E-state index contributed by atoms with van der Waals surface area (Å²) in [4.78, 5) is 28.6. The van der Waals surface area contributed by atoms with Gasteiger partial charge in [0.2, 0.25) is 5.13 Å². The molecule has 4 aromatic rings. The molecule has 5 rings (SSSR count). The van der Waals surface area contributed by atoms with Crippen molar-refractivity contribution in [1.82, 2.24) is 10.2 Å². The molecule has 1 aliphatic rings. The maximum atomic E-state index is 13.7. The molecule has 0 aliphatic carbocycles. The fourth-order valence-electron chi connectivity index (χ4n) is 4.74. The van der Waals surface area contributed by atoms with E-state index in [0.717, 1.165) is 18.4 Å². The van der Waals surface area contributed by atoms with Gasteiger partial charge in [0.1, 0.15) is 11.5 Å². The smallest absolute Gasteiger partial charge is 0.301 e. The Morgan fingerprint density at radius 1 is 0.977 bits per heavy atom. The molecule has 1 aromatic heterocycles. The van der Waals surface area contributed by atoms with Gasteiger partial charge in [-0.05, 0) is 60.9 Å². The number of anilines is 1. The average Bonchev–Trinajstić information content (AvgIpc) is 3.62. The predicted molar refractivity (Wildman–Crippen MR) is 172 cm³/mol. The zero-order valence-corrected chi connectivity index (χ0v) is 26.3. The van der Waals surface area contributed by atoms with Crippen molar-refractivity contribution in [3.05, 3.63) is 95.1 Å². The fourth-order valence-corrected chi connectivity index (χ4v) is 6.56. The van der Waals surface area contributed by atoms with Crippen LogP contribution in [0.4, 0.5) is 5.13 Å². The van der Waals surface area contributed by atoms with E-state index in [-0.39, 0.29) is 16.5 Å². The highest BCUT2D eigenvalue weighted by molar-refractivity contribution is 8.00. The summed E-state index contributed by atoms with van der Waals surface area (Å²) in [5, 5.41) is 20.4. The first kappa shape index (κ1) is 31.1. The molecular formula is C33H33N3O6S2. The number of thioether (sulfide) groups is 1. The van der Waals surface area contributed by atoms with Crippen LogP contribution in [-0.2, 0) is 15.3 Å². The summed E-state index contributed by atoms with van der Waals surface area (Å²) >= 11 is 2.71. The number of aliphatic hydroxyl groups is 1. The van der Waals surface area contributed by atoms with Crippen molar-refractivity contribution >= 4 is 45.7 Å². The second kappa shape index (κ2) is 14.4. The molecule has 11 heteroatoms. The standard InChI is InChI=1S/C33H33N3O6S2/c1-4-6-18-42-25-17-14-23(19-26(25)41-5-2)28-27(29(37)22-12-15-24(40-3)16-13-22)30(38)31(39)36(28)32-34-35-33(44-32)43-20-21-10-8-7-9-11-21/h7-17,19,28,37H,4-6,18,20H2,1-3H3/b29-27+. The lowest BCUT2D eigenvalue weighted by Gasteiger charge is -2.23. The number of Topliss-reactive ketones (excluding diaryl/α,β-unsaturated/α-hetero) is 1. The summed E-state index contributed by atoms with van der Waals surface area (Å²) in [5.41, 5.74) is 1.99. The number of aromatic nitrogens is 2. The second-order valence-corrected chi connectivity index (χ2v) is 12.0. The number of unbranched alkanes of at least 4 members (excludes halogenated alkanes) is 1. The number of amides is 1. The SMILES string of the molecule is CCCCOc1ccc(C2/C(=C(\O)c3ccc(OC)cc3)C(=O)C(=O)N2c2nnc(SCc3ccccc3)s2)cc1OCC. The zero-order valence-electron chi connectivity index (χ0n) is 24.7. The van der Waals surface area contributed by atoms with E-state index >= 15 is 0 Å². The number of rotatable bonds is 13. The van der Waals surface area contributed by atoms with Crippen molar-refractivity contribution in [2.45, 2.75) is 42.8 Å². The molecule has 1 amide bonds. The Hall–Kier alpha value is -4.35. The molecular weight excluding hydrogens is 599 g/mol. The predicted octanol–water partition coefficient (Wildman–Crippen LogP) is 7.04. The number of ketones is 1. The number of ether oxygens (including phenoxy) is 3. The summed E-state index contributed by atoms with van der Waals surface area (Å²) in [5.74, 6) is 0.377. The Balaban J connectivity index is 1.57. The van der Waals surface area contributed by atoms with Crippen molar-refractivity contribution in [1.29, 1.82) is 0 Å². The maximum absolute atomic E-state index is 13.7. The Morgan fingerprint density at radius 3 is 2.45 bits per heavy atom. The van der Waals surface area contributed by atoms with E-state index in [2.05, 4.69) is 17.1 Å². The summed E-state index contributed by atoms with van der Waals surface area (Å²) < 4.78 is 17.8. The van der Waals surface area contributed by atoms with Gasteiger partial charge >= 0.3 is 5.91 Å². The largest absolute Gasteiger partial charge is 0.507 e. The normalized spacial score (nSPS) is 15.9. The van der Waals surface area contributed by atoms with Gasteiger partial charge in [-0.15, -0.1) is 10.2 Å². The number of hydrogen-bond donors (Lipinski definition) is 1. The molecule has 1 fully saturated rings. The summed E-state index contributed by atoms with van der Waals surface area (Å²) in [6.07, 6.45) is 1.87. The van der Waals surface area contributed by atoms with Gasteiger partial charge in [0.25, 0.3) is 5.78 Å². The highest BCUT2D eigenvalue weighted by atomic mass is 32.2. The van der Waals surface area contributed by atoms with Gasteiger partial charge in [0.15, 0.2) is 15.8 Å². The van der Waals surface area contributed by atoms with Gasteiger partial charge in [-0.3, -0.25) is 14.5 Å². The number of hydrogen-bond acceptors (Lipinski definition) is 10. The average molecular weight is 632 g/mol. The molecule has 1 aliphatic heterocycles. The summed E-state index contributed by atoms with van der Waals surface area (Å²) in [7, 11) is 1.54. The number of aliphatic hydroxyl groups excluding tert-OH is 1. The molecule has 0 bridgehead atoms. The van der Waals surface area contributed by atoms with Gasteiger partial charge in [0, 0.05) is 11.3 Å². The zero-order chi connectivity index (χ0) is 31.1. The molecule has 9 nitrogen and oxygen atoms in total. The van der Waals surface area contributed by atoms with Crippen LogP contribution in [-0.4, -0.2) is 47.3 Å². The van der Waals surface area contributed by atoms with Crippen LogP contribution in [0.15, 0.2) is 82.7 Å². The lowest BCUT2D eigenvalue weighted by molar-refractivity contribution is -0.132. The van der Waals surface area contributed by atoms with E-state index in [1.54, 1.807) is 49.6 Å². The number of benzene rings is 3. The third-order valence-electron chi connectivity index (χ3n) is 6.95. The molecule has 1 saturated heterocycles. The molecule has 0 saturated carbocycles. The van der Waals surface area contributed by atoms with Crippen molar-refractivity contribution in [3.8, 4) is 17.2 Å². The topological polar surface area (TPSA) is 111 Å². The van der Waals surface area contributed by atoms with Gasteiger partial charge in [-0.2, -0.15) is 0 Å². The molecule has 0 spiro atoms. The Labute approximate surface area is 264 Å². The highest BCUT2D eigenvalue weighted by Crippen LogP contribution is 2.45. The van der Waals surface area contributed by atoms with Crippen molar-refractivity contribution in [2.24, 2.45) is 0 Å². The Bertz CT molecular complexity index is 1640. The Kier molecular flexibility index (Phi) is 10.2. The molecule has 1 atom stereocenters. The van der Waals surface area contributed by atoms with Crippen LogP contribution in [0.25, 0.3) is 5.76 Å². The van der Waals surface area contributed by atoms with Crippen LogP contribution in [0, 0.1) is 0 Å². The van der Waals surface area contributed by atoms with E-state index < -0.39 is 17.7 Å². The van der Waals surface area contributed by atoms with Gasteiger partial charge in [-0.25, -0.2) is 0 Å². The lowest BCUT2D eigenvalue weighted by atomic mass is 9.95.